The average molecular weight is 322 g/mol. The normalized spacial score (nSPS) is 11.1. The Morgan fingerprint density at radius 3 is 2.26 bits per heavy atom. The van der Waals surface area contributed by atoms with E-state index in [1.165, 1.54) is 12.1 Å². The highest BCUT2D eigenvalue weighted by atomic mass is 19.4. The molecule has 120 valence electrons. The van der Waals surface area contributed by atoms with Crippen LogP contribution >= 0.6 is 0 Å². The third kappa shape index (κ3) is 4.57. The van der Waals surface area contributed by atoms with E-state index >= 15 is 0 Å². The lowest BCUT2D eigenvalue weighted by atomic mass is 10.1. The first-order valence-electron chi connectivity index (χ1n) is 6.61. The van der Waals surface area contributed by atoms with Gasteiger partial charge in [-0.2, -0.15) is 13.2 Å². The number of carbonyl (C=O) groups excluding carboxylic acids is 2. The summed E-state index contributed by atoms with van der Waals surface area (Å²) in [5, 5.41) is 2.49. The molecule has 2 rings (SSSR count). The summed E-state index contributed by atoms with van der Waals surface area (Å²) in [5.74, 6) is -1.13. The van der Waals surface area contributed by atoms with E-state index in [2.05, 4.69) is 5.32 Å². The van der Waals surface area contributed by atoms with Crippen molar-refractivity contribution in [3.8, 4) is 0 Å². The van der Waals surface area contributed by atoms with E-state index in [1.54, 1.807) is 24.3 Å². The molecular formula is C16H13F3N2O2. The van der Waals surface area contributed by atoms with Crippen molar-refractivity contribution in [1.82, 2.24) is 0 Å². The molecule has 0 aliphatic rings. The Morgan fingerprint density at radius 1 is 1.04 bits per heavy atom. The van der Waals surface area contributed by atoms with E-state index < -0.39 is 23.6 Å². The molecular weight excluding hydrogens is 309 g/mol. The quantitative estimate of drug-likeness (QED) is 0.908. The summed E-state index contributed by atoms with van der Waals surface area (Å²) in [5.41, 5.74) is 5.16. The zero-order valence-electron chi connectivity index (χ0n) is 11.9. The number of nitrogens with two attached hydrogens (primary N) is 1. The number of alkyl halides is 3. The Balaban J connectivity index is 2.11. The van der Waals surface area contributed by atoms with Crippen molar-refractivity contribution in [3.05, 3.63) is 65.2 Å². The molecule has 0 spiro atoms. The Hall–Kier alpha value is -2.83. The summed E-state index contributed by atoms with van der Waals surface area (Å²) < 4.78 is 37.9. The maximum absolute atomic E-state index is 12.6. The highest BCUT2D eigenvalue weighted by Crippen LogP contribution is 2.29. The summed E-state index contributed by atoms with van der Waals surface area (Å²) in [4.78, 5) is 22.8. The van der Waals surface area contributed by atoms with E-state index in [4.69, 9.17) is 5.73 Å². The Kier molecular flexibility index (Phi) is 4.68. The highest BCUT2D eigenvalue weighted by Gasteiger charge is 2.30. The van der Waals surface area contributed by atoms with Crippen molar-refractivity contribution in [1.29, 1.82) is 0 Å². The van der Waals surface area contributed by atoms with E-state index in [9.17, 15) is 22.8 Å². The average Bonchev–Trinajstić information content (AvgIpc) is 2.48. The fourth-order valence-corrected chi connectivity index (χ4v) is 1.95. The van der Waals surface area contributed by atoms with Crippen molar-refractivity contribution < 1.29 is 22.8 Å². The molecule has 0 atom stereocenters. The SMILES string of the molecule is NC(=O)Cc1ccc(NC(=O)c2cccc(C(F)(F)F)c2)cc1. The van der Waals surface area contributed by atoms with Crippen LogP contribution in [0.4, 0.5) is 18.9 Å². The summed E-state index contributed by atoms with van der Waals surface area (Å²) >= 11 is 0. The standard InChI is InChI=1S/C16H13F3N2O2/c17-16(18,19)12-3-1-2-11(9-12)15(23)21-13-6-4-10(5-7-13)8-14(20)22/h1-7,9H,8H2,(H2,20,22)(H,21,23). The molecule has 23 heavy (non-hydrogen) atoms. The number of primary amides is 1. The molecule has 3 N–H and O–H groups in total. The third-order valence-corrected chi connectivity index (χ3v) is 3.04. The number of rotatable bonds is 4. The number of carbonyl (C=O) groups is 2. The Labute approximate surface area is 130 Å². The smallest absolute Gasteiger partial charge is 0.369 e. The lowest BCUT2D eigenvalue weighted by Gasteiger charge is -2.09. The van der Waals surface area contributed by atoms with Crippen molar-refractivity contribution in [3.63, 3.8) is 0 Å². The first-order valence-corrected chi connectivity index (χ1v) is 6.61. The lowest BCUT2D eigenvalue weighted by molar-refractivity contribution is -0.137. The molecule has 0 aromatic heterocycles. The number of benzene rings is 2. The summed E-state index contributed by atoms with van der Waals surface area (Å²) in [6.07, 6.45) is -4.44. The van der Waals surface area contributed by atoms with Crippen LogP contribution in [0.15, 0.2) is 48.5 Å². The zero-order chi connectivity index (χ0) is 17.0. The van der Waals surface area contributed by atoms with Crippen LogP contribution in [0.3, 0.4) is 0 Å². The monoisotopic (exact) mass is 322 g/mol. The second-order valence-corrected chi connectivity index (χ2v) is 4.87. The van der Waals surface area contributed by atoms with E-state index in [1.807, 2.05) is 0 Å². The van der Waals surface area contributed by atoms with Gasteiger partial charge in [0.2, 0.25) is 5.91 Å². The molecule has 0 aliphatic heterocycles. The lowest BCUT2D eigenvalue weighted by Crippen LogP contribution is -2.15. The van der Waals surface area contributed by atoms with Crippen LogP contribution in [0.1, 0.15) is 21.5 Å². The van der Waals surface area contributed by atoms with Gasteiger partial charge in [-0.15, -0.1) is 0 Å². The summed E-state index contributed by atoms with van der Waals surface area (Å²) in [6, 6.07) is 10.5. The summed E-state index contributed by atoms with van der Waals surface area (Å²) in [7, 11) is 0. The van der Waals surface area contributed by atoms with Crippen molar-refractivity contribution in [2.75, 3.05) is 5.32 Å². The topological polar surface area (TPSA) is 72.2 Å². The maximum atomic E-state index is 12.6. The highest BCUT2D eigenvalue weighted by molar-refractivity contribution is 6.04. The molecule has 0 radical (unpaired) electrons. The molecule has 0 fully saturated rings. The molecule has 4 nitrogen and oxygen atoms in total. The van der Waals surface area contributed by atoms with Gasteiger partial charge in [-0.1, -0.05) is 18.2 Å². The predicted molar refractivity (Wildman–Crippen MR) is 78.7 cm³/mol. The first-order chi connectivity index (χ1) is 10.8. The van der Waals surface area contributed by atoms with E-state index in [-0.39, 0.29) is 12.0 Å². The van der Waals surface area contributed by atoms with Crippen LogP contribution in [0, 0.1) is 0 Å². The fraction of sp³-hybridized carbons (Fsp3) is 0.125. The number of anilines is 1. The number of amides is 2. The number of halogens is 3. The van der Waals surface area contributed by atoms with Crippen LogP contribution in [0.2, 0.25) is 0 Å². The first kappa shape index (κ1) is 16.5. The van der Waals surface area contributed by atoms with Gasteiger partial charge in [0.1, 0.15) is 0 Å². The number of hydrogen-bond donors (Lipinski definition) is 2. The van der Waals surface area contributed by atoms with Gasteiger partial charge in [0, 0.05) is 11.3 Å². The third-order valence-electron chi connectivity index (χ3n) is 3.04. The van der Waals surface area contributed by atoms with Gasteiger partial charge < -0.3 is 11.1 Å². The van der Waals surface area contributed by atoms with Gasteiger partial charge in [-0.05, 0) is 35.9 Å². The van der Waals surface area contributed by atoms with Gasteiger partial charge in [0.25, 0.3) is 5.91 Å². The molecule has 2 aromatic carbocycles. The molecule has 0 heterocycles. The van der Waals surface area contributed by atoms with Gasteiger partial charge in [0.05, 0.1) is 12.0 Å². The molecule has 2 aromatic rings. The van der Waals surface area contributed by atoms with Crippen LogP contribution in [-0.2, 0) is 17.4 Å². The molecule has 0 bridgehead atoms. The van der Waals surface area contributed by atoms with Crippen LogP contribution in [0.25, 0.3) is 0 Å². The van der Waals surface area contributed by atoms with Crippen molar-refractivity contribution in [2.24, 2.45) is 5.73 Å². The van der Waals surface area contributed by atoms with Gasteiger partial charge in [-0.25, -0.2) is 0 Å². The Bertz CT molecular complexity index is 725. The van der Waals surface area contributed by atoms with Gasteiger partial charge in [-0.3, -0.25) is 9.59 Å². The van der Waals surface area contributed by atoms with Gasteiger partial charge >= 0.3 is 6.18 Å². The minimum Gasteiger partial charge on any atom is -0.369 e. The zero-order valence-corrected chi connectivity index (χ0v) is 11.9. The second kappa shape index (κ2) is 6.51. The molecule has 0 saturated heterocycles. The summed E-state index contributed by atoms with van der Waals surface area (Å²) in [6.45, 7) is 0. The maximum Gasteiger partial charge on any atom is 0.416 e. The number of hydrogen-bond acceptors (Lipinski definition) is 2. The predicted octanol–water partition coefficient (Wildman–Crippen LogP) is 2.99. The molecule has 0 unspecified atom stereocenters. The largest absolute Gasteiger partial charge is 0.416 e. The van der Waals surface area contributed by atoms with E-state index in [0.29, 0.717) is 11.3 Å². The minimum atomic E-state index is -4.51. The fourth-order valence-electron chi connectivity index (χ4n) is 1.95. The van der Waals surface area contributed by atoms with Crippen LogP contribution < -0.4 is 11.1 Å². The molecule has 0 aliphatic carbocycles. The number of nitrogens with one attached hydrogen (secondary N) is 1. The Morgan fingerprint density at radius 2 is 1.70 bits per heavy atom. The molecule has 2 amide bonds. The minimum absolute atomic E-state index is 0.0713. The molecule has 0 saturated carbocycles. The van der Waals surface area contributed by atoms with Crippen LogP contribution in [0.5, 0.6) is 0 Å². The van der Waals surface area contributed by atoms with E-state index in [0.717, 1.165) is 12.1 Å². The second-order valence-electron chi connectivity index (χ2n) is 4.87. The van der Waals surface area contributed by atoms with Gasteiger partial charge in [0.15, 0.2) is 0 Å². The molecule has 7 heteroatoms. The van der Waals surface area contributed by atoms with Crippen molar-refractivity contribution in [2.45, 2.75) is 12.6 Å². The van der Waals surface area contributed by atoms with Crippen LogP contribution in [-0.4, -0.2) is 11.8 Å². The van der Waals surface area contributed by atoms with Crippen molar-refractivity contribution >= 4 is 17.5 Å².